The zero-order valence-electron chi connectivity index (χ0n) is 5.41. The van der Waals surface area contributed by atoms with Gasteiger partial charge in [-0.25, -0.2) is 4.79 Å². The molecule has 0 bridgehead atoms. The first kappa shape index (κ1) is 6.12. The molecule has 0 saturated carbocycles. The lowest BCUT2D eigenvalue weighted by molar-refractivity contribution is -0.145. The molecule has 0 unspecified atom stereocenters. The number of rotatable bonds is 3. The maximum Gasteiger partial charge on any atom is 0.337 e. The summed E-state index contributed by atoms with van der Waals surface area (Å²) in [5, 5.41) is 0. The molecule has 4 heteroatoms. The van der Waals surface area contributed by atoms with Crippen LogP contribution in [0, 0.1) is 0 Å². The molecular formula is C6H8O4. The Morgan fingerprint density at radius 2 is 2.20 bits per heavy atom. The van der Waals surface area contributed by atoms with E-state index in [0.717, 1.165) is 6.61 Å². The van der Waals surface area contributed by atoms with Crippen LogP contribution in [0.2, 0.25) is 0 Å². The maximum absolute atomic E-state index is 10.7. The summed E-state index contributed by atoms with van der Waals surface area (Å²) >= 11 is 0. The molecule has 0 radical (unpaired) electrons. The molecule has 2 heterocycles. The summed E-state index contributed by atoms with van der Waals surface area (Å²) in [6.45, 7) is 1.63. The molecule has 10 heavy (non-hydrogen) atoms. The van der Waals surface area contributed by atoms with E-state index in [2.05, 4.69) is 0 Å². The number of carbonyl (C=O) groups excluding carboxylic acids is 1. The van der Waals surface area contributed by atoms with Gasteiger partial charge in [-0.05, 0) is 0 Å². The molecule has 0 aliphatic carbocycles. The van der Waals surface area contributed by atoms with E-state index in [4.69, 9.17) is 14.2 Å². The minimum absolute atomic E-state index is 0.155. The van der Waals surface area contributed by atoms with E-state index in [1.807, 2.05) is 0 Å². The maximum atomic E-state index is 10.7. The molecule has 2 aliphatic heterocycles. The normalized spacial score (nSPS) is 35.2. The van der Waals surface area contributed by atoms with Gasteiger partial charge < -0.3 is 14.2 Å². The molecule has 0 N–H and O–H groups in total. The van der Waals surface area contributed by atoms with E-state index < -0.39 is 0 Å². The van der Waals surface area contributed by atoms with Crippen LogP contribution in [0.25, 0.3) is 0 Å². The second-order valence-electron chi connectivity index (χ2n) is 2.41. The van der Waals surface area contributed by atoms with Gasteiger partial charge in [-0.15, -0.1) is 0 Å². The average molecular weight is 144 g/mol. The fourth-order valence-electron chi connectivity index (χ4n) is 0.616. The molecule has 2 atom stereocenters. The molecule has 2 saturated heterocycles. The minimum atomic E-state index is -0.279. The number of epoxide rings is 2. The van der Waals surface area contributed by atoms with Crippen molar-refractivity contribution in [2.24, 2.45) is 0 Å². The topological polar surface area (TPSA) is 51.4 Å². The van der Waals surface area contributed by atoms with E-state index in [1.165, 1.54) is 0 Å². The number of hydrogen-bond donors (Lipinski definition) is 0. The van der Waals surface area contributed by atoms with Crippen LogP contribution in [0.5, 0.6) is 0 Å². The van der Waals surface area contributed by atoms with Crippen molar-refractivity contribution in [1.29, 1.82) is 0 Å². The van der Waals surface area contributed by atoms with Crippen LogP contribution in [-0.2, 0) is 19.0 Å². The number of hydrogen-bond acceptors (Lipinski definition) is 4. The first-order valence-corrected chi connectivity index (χ1v) is 3.26. The minimum Gasteiger partial charge on any atom is -0.461 e. The first-order valence-electron chi connectivity index (χ1n) is 3.26. The third kappa shape index (κ3) is 1.46. The van der Waals surface area contributed by atoms with E-state index in [1.54, 1.807) is 0 Å². The van der Waals surface area contributed by atoms with E-state index in [-0.39, 0.29) is 18.2 Å². The molecule has 2 rings (SSSR count). The summed E-state index contributed by atoms with van der Waals surface area (Å²) in [5.41, 5.74) is 0. The second-order valence-corrected chi connectivity index (χ2v) is 2.41. The molecule has 0 amide bonds. The fourth-order valence-corrected chi connectivity index (χ4v) is 0.616. The Bertz CT molecular complexity index is 148. The summed E-state index contributed by atoms with van der Waals surface area (Å²) in [7, 11) is 0. The van der Waals surface area contributed by atoms with Crippen molar-refractivity contribution in [3.63, 3.8) is 0 Å². The summed E-state index contributed by atoms with van der Waals surface area (Å²) < 4.78 is 14.3. The number of esters is 1. The lowest BCUT2D eigenvalue weighted by Gasteiger charge is -1.97. The van der Waals surface area contributed by atoms with Crippen LogP contribution in [0.1, 0.15) is 0 Å². The van der Waals surface area contributed by atoms with Crippen LogP contribution in [-0.4, -0.2) is 38.0 Å². The van der Waals surface area contributed by atoms with Gasteiger partial charge in [0.05, 0.1) is 13.2 Å². The molecule has 0 aromatic rings. The summed E-state index contributed by atoms with van der Waals surface area (Å²) in [6, 6.07) is 0. The van der Waals surface area contributed by atoms with Crippen LogP contribution in [0.4, 0.5) is 0 Å². The van der Waals surface area contributed by atoms with Crippen molar-refractivity contribution in [1.82, 2.24) is 0 Å². The summed E-state index contributed by atoms with van der Waals surface area (Å²) in [5.74, 6) is -0.254. The van der Waals surface area contributed by atoms with Crippen molar-refractivity contribution in [3.8, 4) is 0 Å². The number of carbonyl (C=O) groups is 1. The highest BCUT2D eigenvalue weighted by molar-refractivity contribution is 5.76. The average Bonchev–Trinajstić information content (AvgIpc) is 2.76. The Hall–Kier alpha value is -0.610. The summed E-state index contributed by atoms with van der Waals surface area (Å²) in [6.07, 6.45) is -0.124. The highest BCUT2D eigenvalue weighted by Gasteiger charge is 2.34. The Labute approximate surface area is 58.1 Å². The lowest BCUT2D eigenvalue weighted by atomic mass is 10.5. The smallest absolute Gasteiger partial charge is 0.337 e. The monoisotopic (exact) mass is 144 g/mol. The van der Waals surface area contributed by atoms with Crippen LogP contribution < -0.4 is 0 Å². The zero-order chi connectivity index (χ0) is 6.97. The molecule has 4 nitrogen and oxygen atoms in total. The van der Waals surface area contributed by atoms with Gasteiger partial charge in [-0.1, -0.05) is 0 Å². The predicted octanol–water partition coefficient (Wildman–Crippen LogP) is -0.673. The molecule has 0 aromatic carbocycles. The molecular weight excluding hydrogens is 136 g/mol. The Balaban J connectivity index is 1.63. The van der Waals surface area contributed by atoms with Crippen LogP contribution in [0.3, 0.4) is 0 Å². The molecule has 56 valence electrons. The van der Waals surface area contributed by atoms with Gasteiger partial charge in [0, 0.05) is 0 Å². The van der Waals surface area contributed by atoms with Gasteiger partial charge in [0.15, 0.2) is 6.10 Å². The zero-order valence-corrected chi connectivity index (χ0v) is 5.41. The summed E-state index contributed by atoms with van der Waals surface area (Å²) in [4.78, 5) is 10.7. The third-order valence-corrected chi connectivity index (χ3v) is 1.41. The van der Waals surface area contributed by atoms with Crippen LogP contribution >= 0.6 is 0 Å². The fraction of sp³-hybridized carbons (Fsp3) is 0.833. The third-order valence-electron chi connectivity index (χ3n) is 1.41. The van der Waals surface area contributed by atoms with Gasteiger partial charge in [0.1, 0.15) is 12.7 Å². The SMILES string of the molecule is O=C(OC[C@H]1CO1)[C@H]1CO1. The van der Waals surface area contributed by atoms with Crippen molar-refractivity contribution >= 4 is 5.97 Å². The van der Waals surface area contributed by atoms with Crippen molar-refractivity contribution in [2.75, 3.05) is 19.8 Å². The molecule has 0 spiro atoms. The Kier molecular flexibility index (Phi) is 1.35. The van der Waals surface area contributed by atoms with Crippen molar-refractivity contribution < 1.29 is 19.0 Å². The molecule has 2 fully saturated rings. The van der Waals surface area contributed by atoms with Gasteiger partial charge >= 0.3 is 5.97 Å². The van der Waals surface area contributed by atoms with Crippen molar-refractivity contribution in [2.45, 2.75) is 12.2 Å². The van der Waals surface area contributed by atoms with Gasteiger partial charge in [0.2, 0.25) is 0 Å². The van der Waals surface area contributed by atoms with E-state index in [9.17, 15) is 4.79 Å². The second kappa shape index (κ2) is 2.21. The van der Waals surface area contributed by atoms with Gasteiger partial charge in [-0.3, -0.25) is 0 Å². The Morgan fingerprint density at radius 3 is 2.70 bits per heavy atom. The molecule has 0 aromatic heterocycles. The van der Waals surface area contributed by atoms with Crippen molar-refractivity contribution in [3.05, 3.63) is 0 Å². The predicted molar refractivity (Wildman–Crippen MR) is 30.4 cm³/mol. The standard InChI is InChI=1S/C6H8O4/c7-6(5-3-9-5)10-2-4-1-8-4/h4-5H,1-3H2/t4-,5-/m1/s1. The Morgan fingerprint density at radius 1 is 1.50 bits per heavy atom. The highest BCUT2D eigenvalue weighted by Crippen LogP contribution is 2.13. The highest BCUT2D eigenvalue weighted by atomic mass is 16.6. The first-order chi connectivity index (χ1) is 4.86. The van der Waals surface area contributed by atoms with Crippen LogP contribution in [0.15, 0.2) is 0 Å². The van der Waals surface area contributed by atoms with Gasteiger partial charge in [-0.2, -0.15) is 0 Å². The quantitative estimate of drug-likeness (QED) is 0.389. The van der Waals surface area contributed by atoms with E-state index in [0.29, 0.717) is 13.2 Å². The largest absolute Gasteiger partial charge is 0.461 e. The van der Waals surface area contributed by atoms with Gasteiger partial charge in [0.25, 0.3) is 0 Å². The molecule has 2 aliphatic rings. The lowest BCUT2D eigenvalue weighted by Crippen LogP contribution is -2.14. The number of ether oxygens (including phenoxy) is 3. The van der Waals surface area contributed by atoms with E-state index >= 15 is 0 Å².